The van der Waals surface area contributed by atoms with Crippen LogP contribution in [0.1, 0.15) is 0 Å². The van der Waals surface area contributed by atoms with Crippen molar-refractivity contribution in [3.8, 4) is 11.3 Å². The second-order valence-electron chi connectivity index (χ2n) is 5.94. The van der Waals surface area contributed by atoms with E-state index in [4.69, 9.17) is 4.74 Å². The predicted octanol–water partition coefficient (Wildman–Crippen LogP) is 2.28. The largest absolute Gasteiger partial charge is 0.351 e. The highest BCUT2D eigenvalue weighted by Gasteiger charge is 2.14. The molecule has 0 radical (unpaired) electrons. The lowest BCUT2D eigenvalue weighted by Gasteiger charge is -2.10. The molecule has 0 aliphatic rings. The Morgan fingerprint density at radius 2 is 2.14 bits per heavy atom. The quantitative estimate of drug-likeness (QED) is 0.377. The van der Waals surface area contributed by atoms with Crippen LogP contribution in [0.25, 0.3) is 33.1 Å². The summed E-state index contributed by atoms with van der Waals surface area (Å²) in [7, 11) is 0. The number of imidazole rings is 1. The van der Waals surface area contributed by atoms with Gasteiger partial charge in [-0.05, 0) is 24.3 Å². The van der Waals surface area contributed by atoms with Crippen LogP contribution >= 0.6 is 0 Å². The number of aromatic nitrogens is 4. The van der Waals surface area contributed by atoms with Crippen LogP contribution in [-0.4, -0.2) is 45.0 Å². The Kier molecular flexibility index (Phi) is 4.72. The van der Waals surface area contributed by atoms with Crippen molar-refractivity contribution in [3.63, 3.8) is 0 Å². The lowest BCUT2D eigenvalue weighted by Crippen LogP contribution is -2.24. The van der Waals surface area contributed by atoms with Crippen molar-refractivity contribution in [1.29, 1.82) is 0 Å². The Bertz CT molecular complexity index is 1210. The van der Waals surface area contributed by atoms with Crippen molar-refractivity contribution < 1.29 is 18.6 Å². The number of alkyl halides is 1. The van der Waals surface area contributed by atoms with E-state index in [1.54, 1.807) is 18.2 Å². The Balaban J connectivity index is 1.74. The van der Waals surface area contributed by atoms with Crippen LogP contribution in [0.4, 0.5) is 14.7 Å². The van der Waals surface area contributed by atoms with E-state index in [9.17, 15) is 18.7 Å². The molecule has 144 valence electrons. The minimum atomic E-state index is -1.42. The molecule has 4 aromatic rings. The van der Waals surface area contributed by atoms with Gasteiger partial charge in [0, 0.05) is 5.56 Å². The number of benzene rings is 2. The van der Waals surface area contributed by atoms with Crippen molar-refractivity contribution in [2.75, 3.05) is 18.6 Å². The molecule has 0 aliphatic carbocycles. The number of halogens is 2. The average molecular weight is 387 g/mol. The summed E-state index contributed by atoms with van der Waals surface area (Å²) in [6.07, 6.45) is -1.42. The van der Waals surface area contributed by atoms with Crippen LogP contribution in [-0.2, 0) is 4.74 Å². The number of rotatable bonds is 6. The number of aliphatic hydroxyl groups is 1. The number of nitrogens with one attached hydrogen (secondary N) is 3. The first-order valence-electron chi connectivity index (χ1n) is 8.36. The topological polar surface area (TPSA) is 116 Å². The number of hydrogen-bond donors (Lipinski definition) is 4. The van der Waals surface area contributed by atoms with Crippen LogP contribution in [0.3, 0.4) is 0 Å². The predicted molar refractivity (Wildman–Crippen MR) is 99.0 cm³/mol. The summed E-state index contributed by atoms with van der Waals surface area (Å²) in [5.41, 5.74) is 1.49. The Hall–Kier alpha value is -3.37. The molecule has 10 heteroatoms. The van der Waals surface area contributed by atoms with E-state index >= 15 is 0 Å². The number of ether oxygens (including phenoxy) is 1. The normalized spacial score (nSPS) is 12.5. The van der Waals surface area contributed by atoms with Crippen LogP contribution in [0, 0.1) is 5.82 Å². The molecule has 1 atom stereocenters. The first-order valence-corrected chi connectivity index (χ1v) is 8.36. The molecule has 4 N–H and O–H groups in total. The van der Waals surface area contributed by atoms with Gasteiger partial charge < -0.3 is 20.1 Å². The molecule has 0 saturated heterocycles. The molecule has 4 rings (SSSR count). The smallest absolute Gasteiger partial charge is 0.272 e. The third-order valence-electron chi connectivity index (χ3n) is 4.13. The number of hydrogen-bond acceptors (Lipinski definition) is 6. The van der Waals surface area contributed by atoms with Gasteiger partial charge >= 0.3 is 0 Å². The van der Waals surface area contributed by atoms with Crippen molar-refractivity contribution >= 4 is 27.8 Å². The lowest BCUT2D eigenvalue weighted by molar-refractivity contribution is -0.0815. The van der Waals surface area contributed by atoms with E-state index in [1.807, 2.05) is 0 Å². The standard InChI is InChI=1S/C18H15F2N5O3/c19-6-7-28-18(27)23-17-21-12-5-4-9(8-13(12)22-17)15-14-10(16(26)25-24-15)2-1-3-11(14)20/h1-5,8,18,27H,6-7H2,(H,25,26)(H2,21,22,23). The van der Waals surface area contributed by atoms with Gasteiger partial charge in [0.15, 0.2) is 0 Å². The second kappa shape index (κ2) is 7.33. The zero-order valence-electron chi connectivity index (χ0n) is 14.4. The summed E-state index contributed by atoms with van der Waals surface area (Å²) in [5, 5.41) is 18.9. The van der Waals surface area contributed by atoms with Crippen molar-refractivity contribution in [3.05, 3.63) is 52.6 Å². The van der Waals surface area contributed by atoms with Crippen LogP contribution in [0.2, 0.25) is 0 Å². The number of nitrogens with zero attached hydrogens (tertiary/aromatic N) is 2. The first kappa shape index (κ1) is 18.0. The number of anilines is 1. The van der Waals surface area contributed by atoms with E-state index in [0.717, 1.165) is 0 Å². The molecular weight excluding hydrogens is 372 g/mol. The lowest BCUT2D eigenvalue weighted by atomic mass is 10.0. The van der Waals surface area contributed by atoms with E-state index in [2.05, 4.69) is 25.5 Å². The fourth-order valence-corrected chi connectivity index (χ4v) is 2.92. The molecule has 0 spiro atoms. The summed E-state index contributed by atoms with van der Waals surface area (Å²) in [5.74, 6) is -0.340. The molecule has 0 bridgehead atoms. The van der Waals surface area contributed by atoms with Gasteiger partial charge in [-0.25, -0.2) is 18.9 Å². The average Bonchev–Trinajstić information content (AvgIpc) is 3.08. The van der Waals surface area contributed by atoms with Gasteiger partial charge in [0.1, 0.15) is 18.2 Å². The van der Waals surface area contributed by atoms with Gasteiger partial charge in [-0.3, -0.25) is 4.79 Å². The van der Waals surface area contributed by atoms with Crippen LogP contribution in [0.15, 0.2) is 41.2 Å². The molecule has 0 amide bonds. The molecule has 8 nitrogen and oxygen atoms in total. The molecule has 2 heterocycles. The molecule has 28 heavy (non-hydrogen) atoms. The minimum absolute atomic E-state index is 0.120. The number of aliphatic hydroxyl groups excluding tert-OH is 1. The molecular formula is C18H15F2N5O3. The number of H-pyrrole nitrogens is 2. The van der Waals surface area contributed by atoms with Gasteiger partial charge in [-0.15, -0.1) is 0 Å². The zero-order chi connectivity index (χ0) is 19.7. The molecule has 1 unspecified atom stereocenters. The van der Waals surface area contributed by atoms with Gasteiger partial charge in [0.05, 0.1) is 28.4 Å². The minimum Gasteiger partial charge on any atom is -0.351 e. The summed E-state index contributed by atoms with van der Waals surface area (Å²) >= 11 is 0. The van der Waals surface area contributed by atoms with E-state index < -0.39 is 24.5 Å². The number of fused-ring (bicyclic) bond motifs is 2. The molecule has 0 aliphatic heterocycles. The highest BCUT2D eigenvalue weighted by Crippen LogP contribution is 2.28. The van der Waals surface area contributed by atoms with Gasteiger partial charge in [0.25, 0.3) is 5.56 Å². The maximum Gasteiger partial charge on any atom is 0.272 e. The Labute approximate surface area is 156 Å². The highest BCUT2D eigenvalue weighted by atomic mass is 19.1. The van der Waals surface area contributed by atoms with E-state index in [0.29, 0.717) is 16.6 Å². The molecule has 2 aromatic carbocycles. The third kappa shape index (κ3) is 3.30. The maximum absolute atomic E-state index is 14.4. The number of aromatic amines is 2. The monoisotopic (exact) mass is 387 g/mol. The van der Waals surface area contributed by atoms with Gasteiger partial charge in [-0.1, -0.05) is 12.1 Å². The van der Waals surface area contributed by atoms with E-state index in [-0.39, 0.29) is 29.0 Å². The summed E-state index contributed by atoms with van der Waals surface area (Å²) in [6, 6.07) is 9.32. The van der Waals surface area contributed by atoms with Crippen LogP contribution in [0.5, 0.6) is 0 Å². The molecule has 0 saturated carbocycles. The fourth-order valence-electron chi connectivity index (χ4n) is 2.92. The Morgan fingerprint density at radius 1 is 1.29 bits per heavy atom. The van der Waals surface area contributed by atoms with Crippen molar-refractivity contribution in [2.45, 2.75) is 6.41 Å². The molecule has 2 aromatic heterocycles. The Morgan fingerprint density at radius 3 is 2.96 bits per heavy atom. The van der Waals surface area contributed by atoms with Gasteiger partial charge in [0.2, 0.25) is 12.4 Å². The maximum atomic E-state index is 14.4. The second-order valence-corrected chi connectivity index (χ2v) is 5.94. The van der Waals surface area contributed by atoms with Crippen LogP contribution < -0.4 is 10.9 Å². The fraction of sp³-hybridized carbons (Fsp3) is 0.167. The summed E-state index contributed by atoms with van der Waals surface area (Å²) in [6.45, 7) is -0.978. The van der Waals surface area contributed by atoms with E-state index in [1.165, 1.54) is 18.2 Å². The zero-order valence-corrected chi connectivity index (χ0v) is 14.4. The summed E-state index contributed by atoms with van der Waals surface area (Å²) < 4.78 is 31.3. The SMILES string of the molecule is O=c1[nH]nc(-c2ccc3[nH]c(NC(O)OCCF)nc3c2)c2c(F)cccc12. The van der Waals surface area contributed by atoms with Gasteiger partial charge in [-0.2, -0.15) is 5.10 Å². The third-order valence-corrected chi connectivity index (χ3v) is 4.13. The summed E-state index contributed by atoms with van der Waals surface area (Å²) in [4.78, 5) is 19.1. The molecule has 0 fully saturated rings. The highest BCUT2D eigenvalue weighted by molar-refractivity contribution is 5.96. The van der Waals surface area contributed by atoms with Crippen molar-refractivity contribution in [1.82, 2.24) is 20.2 Å². The first-order chi connectivity index (χ1) is 13.6. The van der Waals surface area contributed by atoms with Crippen molar-refractivity contribution in [2.24, 2.45) is 0 Å².